The molecular weight excluding hydrogens is 205 g/mol. The van der Waals surface area contributed by atoms with Crippen LogP contribution in [0.1, 0.15) is 37.6 Å². The zero-order chi connectivity index (χ0) is 11.5. The van der Waals surface area contributed by atoms with Crippen LogP contribution in [-0.4, -0.2) is 9.78 Å². The number of alkyl halides is 3. The molecule has 15 heavy (non-hydrogen) atoms. The zero-order valence-electron chi connectivity index (χ0n) is 8.93. The highest BCUT2D eigenvalue weighted by atomic mass is 19.4. The first-order chi connectivity index (χ1) is 6.95. The van der Waals surface area contributed by atoms with Crippen molar-refractivity contribution < 1.29 is 13.2 Å². The molecule has 0 radical (unpaired) electrons. The van der Waals surface area contributed by atoms with Crippen LogP contribution in [0.25, 0.3) is 0 Å². The number of unbranched alkanes of at least 4 members (excludes halogenated alkanes) is 2. The first-order valence-electron chi connectivity index (χ1n) is 5.05. The van der Waals surface area contributed by atoms with Crippen LogP contribution in [0.15, 0.2) is 6.07 Å². The van der Waals surface area contributed by atoms with Crippen molar-refractivity contribution in [1.29, 1.82) is 0 Å². The Morgan fingerprint density at radius 1 is 1.33 bits per heavy atom. The summed E-state index contributed by atoms with van der Waals surface area (Å²) in [4.78, 5) is 0. The maximum absolute atomic E-state index is 12.3. The molecular formula is C10H15F3N2. The lowest BCUT2D eigenvalue weighted by molar-refractivity contribution is -0.141. The van der Waals surface area contributed by atoms with Gasteiger partial charge in [0, 0.05) is 12.7 Å². The van der Waals surface area contributed by atoms with Gasteiger partial charge in [-0.3, -0.25) is 4.68 Å². The first-order valence-corrected chi connectivity index (χ1v) is 5.05. The summed E-state index contributed by atoms with van der Waals surface area (Å²) in [6, 6.07) is 1.13. The molecule has 0 aliphatic carbocycles. The van der Waals surface area contributed by atoms with Gasteiger partial charge in [0.2, 0.25) is 0 Å². The number of hydrogen-bond acceptors (Lipinski definition) is 1. The number of hydrogen-bond donors (Lipinski definition) is 0. The van der Waals surface area contributed by atoms with E-state index in [1.807, 2.05) is 0 Å². The Bertz CT molecular complexity index is 315. The Labute approximate surface area is 87.1 Å². The molecule has 0 aliphatic heterocycles. The van der Waals surface area contributed by atoms with E-state index in [4.69, 9.17) is 0 Å². The molecule has 0 atom stereocenters. The largest absolute Gasteiger partial charge is 0.435 e. The molecule has 1 aromatic heterocycles. The molecule has 0 saturated heterocycles. The summed E-state index contributed by atoms with van der Waals surface area (Å²) in [5, 5.41) is 3.45. The molecule has 0 spiro atoms. The van der Waals surface area contributed by atoms with Gasteiger partial charge in [0.1, 0.15) is 0 Å². The molecule has 1 rings (SSSR count). The van der Waals surface area contributed by atoms with Crippen LogP contribution >= 0.6 is 0 Å². The molecule has 1 heterocycles. The minimum atomic E-state index is -4.33. The quantitative estimate of drug-likeness (QED) is 0.712. The van der Waals surface area contributed by atoms with E-state index in [0.29, 0.717) is 12.1 Å². The van der Waals surface area contributed by atoms with Gasteiger partial charge in [-0.25, -0.2) is 0 Å². The van der Waals surface area contributed by atoms with Crippen molar-refractivity contribution in [3.63, 3.8) is 0 Å². The van der Waals surface area contributed by atoms with E-state index in [2.05, 4.69) is 12.0 Å². The summed E-state index contributed by atoms with van der Waals surface area (Å²) in [6.45, 7) is 2.06. The number of rotatable bonds is 4. The molecule has 0 unspecified atom stereocenters. The van der Waals surface area contributed by atoms with E-state index >= 15 is 0 Å². The number of aryl methyl sites for hydroxylation is 2. The third-order valence-electron chi connectivity index (χ3n) is 2.30. The molecule has 1 aromatic rings. The van der Waals surface area contributed by atoms with Crippen LogP contribution in [0.3, 0.4) is 0 Å². The second-order valence-corrected chi connectivity index (χ2v) is 3.60. The van der Waals surface area contributed by atoms with E-state index in [-0.39, 0.29) is 0 Å². The van der Waals surface area contributed by atoms with Gasteiger partial charge in [-0.05, 0) is 18.9 Å². The van der Waals surface area contributed by atoms with Crippen LogP contribution in [0.4, 0.5) is 13.2 Å². The zero-order valence-corrected chi connectivity index (χ0v) is 8.93. The van der Waals surface area contributed by atoms with Gasteiger partial charge in [-0.1, -0.05) is 19.8 Å². The van der Waals surface area contributed by atoms with Crippen molar-refractivity contribution in [2.24, 2.45) is 7.05 Å². The van der Waals surface area contributed by atoms with Crippen molar-refractivity contribution in [1.82, 2.24) is 9.78 Å². The average Bonchev–Trinajstić information content (AvgIpc) is 2.48. The minimum Gasteiger partial charge on any atom is -0.272 e. The third kappa shape index (κ3) is 3.25. The summed E-state index contributed by atoms with van der Waals surface area (Å²) in [5.41, 5.74) is -0.146. The number of nitrogens with zero attached hydrogens (tertiary/aromatic N) is 2. The van der Waals surface area contributed by atoms with E-state index in [1.165, 1.54) is 4.68 Å². The Kier molecular flexibility index (Phi) is 3.77. The highest BCUT2D eigenvalue weighted by Crippen LogP contribution is 2.28. The summed E-state index contributed by atoms with van der Waals surface area (Å²) < 4.78 is 38.2. The minimum absolute atomic E-state index is 0.649. The lowest BCUT2D eigenvalue weighted by Crippen LogP contribution is -2.06. The standard InChI is InChI=1S/C10H15F3N2/c1-3-4-5-6-8-7-9(10(11,12)13)14-15(8)2/h7H,3-6H2,1-2H3. The van der Waals surface area contributed by atoms with Crippen LogP contribution in [0.2, 0.25) is 0 Å². The second kappa shape index (κ2) is 4.68. The molecule has 0 amide bonds. The fourth-order valence-corrected chi connectivity index (χ4v) is 1.43. The van der Waals surface area contributed by atoms with Crippen molar-refractivity contribution >= 4 is 0 Å². The smallest absolute Gasteiger partial charge is 0.272 e. The van der Waals surface area contributed by atoms with Crippen LogP contribution in [0.5, 0.6) is 0 Å². The monoisotopic (exact) mass is 220 g/mol. The number of aromatic nitrogens is 2. The lowest BCUT2D eigenvalue weighted by atomic mass is 10.1. The molecule has 86 valence electrons. The molecule has 0 fully saturated rings. The average molecular weight is 220 g/mol. The van der Waals surface area contributed by atoms with Gasteiger partial charge in [0.25, 0.3) is 0 Å². The SMILES string of the molecule is CCCCCc1cc(C(F)(F)F)nn1C. The van der Waals surface area contributed by atoms with Gasteiger partial charge in [-0.15, -0.1) is 0 Å². The summed E-state index contributed by atoms with van der Waals surface area (Å²) >= 11 is 0. The molecule has 5 heteroatoms. The Morgan fingerprint density at radius 3 is 2.47 bits per heavy atom. The third-order valence-corrected chi connectivity index (χ3v) is 2.30. The van der Waals surface area contributed by atoms with Crippen molar-refractivity contribution in [2.75, 3.05) is 0 Å². The molecule has 0 bridgehead atoms. The highest BCUT2D eigenvalue weighted by Gasteiger charge is 2.34. The van der Waals surface area contributed by atoms with Crippen molar-refractivity contribution in [3.05, 3.63) is 17.5 Å². The van der Waals surface area contributed by atoms with Gasteiger partial charge >= 0.3 is 6.18 Å². The van der Waals surface area contributed by atoms with Crippen LogP contribution in [-0.2, 0) is 19.6 Å². The van der Waals surface area contributed by atoms with Crippen molar-refractivity contribution in [3.8, 4) is 0 Å². The van der Waals surface area contributed by atoms with E-state index < -0.39 is 11.9 Å². The maximum Gasteiger partial charge on any atom is 0.435 e. The molecule has 0 aromatic carbocycles. The maximum atomic E-state index is 12.3. The lowest BCUT2D eigenvalue weighted by Gasteiger charge is -1.99. The van der Waals surface area contributed by atoms with Gasteiger partial charge in [-0.2, -0.15) is 18.3 Å². The summed E-state index contributed by atoms with van der Waals surface area (Å²) in [7, 11) is 1.55. The Hall–Kier alpha value is -1.00. The topological polar surface area (TPSA) is 17.8 Å². The van der Waals surface area contributed by atoms with Gasteiger partial charge in [0.15, 0.2) is 5.69 Å². The van der Waals surface area contributed by atoms with Crippen LogP contribution < -0.4 is 0 Å². The fraction of sp³-hybridized carbons (Fsp3) is 0.700. The van der Waals surface area contributed by atoms with E-state index in [1.54, 1.807) is 7.05 Å². The summed E-state index contributed by atoms with van der Waals surface area (Å²) in [5.74, 6) is 0. The fourth-order valence-electron chi connectivity index (χ4n) is 1.43. The Balaban J connectivity index is 2.69. The molecule has 0 aliphatic rings. The second-order valence-electron chi connectivity index (χ2n) is 3.60. The highest BCUT2D eigenvalue weighted by molar-refractivity contribution is 5.13. The molecule has 0 N–H and O–H groups in total. The Morgan fingerprint density at radius 2 is 2.00 bits per heavy atom. The van der Waals surface area contributed by atoms with Crippen LogP contribution in [0, 0.1) is 0 Å². The number of halogens is 3. The molecule has 0 saturated carbocycles. The van der Waals surface area contributed by atoms with Gasteiger partial charge < -0.3 is 0 Å². The molecule has 2 nitrogen and oxygen atoms in total. The first kappa shape index (κ1) is 12.1. The normalized spacial score (nSPS) is 12.1. The van der Waals surface area contributed by atoms with Gasteiger partial charge in [0.05, 0.1) is 0 Å². The summed E-state index contributed by atoms with van der Waals surface area (Å²) in [6.07, 6.45) is -0.669. The van der Waals surface area contributed by atoms with E-state index in [0.717, 1.165) is 25.3 Å². The van der Waals surface area contributed by atoms with E-state index in [9.17, 15) is 13.2 Å². The predicted octanol–water partition coefficient (Wildman–Crippen LogP) is 3.17. The predicted molar refractivity (Wildman–Crippen MR) is 51.4 cm³/mol. The van der Waals surface area contributed by atoms with Crippen molar-refractivity contribution in [2.45, 2.75) is 38.8 Å².